The van der Waals surface area contributed by atoms with Gasteiger partial charge in [0, 0.05) is 44.4 Å². The van der Waals surface area contributed by atoms with Crippen LogP contribution in [0.3, 0.4) is 0 Å². The van der Waals surface area contributed by atoms with Gasteiger partial charge in [-0.3, -0.25) is 4.79 Å². The van der Waals surface area contributed by atoms with Crippen LogP contribution in [0.25, 0.3) is 11.5 Å². The summed E-state index contributed by atoms with van der Waals surface area (Å²) in [6.45, 7) is 3.33. The van der Waals surface area contributed by atoms with Gasteiger partial charge >= 0.3 is 0 Å². The first kappa shape index (κ1) is 18.2. The lowest BCUT2D eigenvalue weighted by Gasteiger charge is -2.33. The highest BCUT2D eigenvalue weighted by Gasteiger charge is 2.26. The molecule has 1 saturated heterocycles. The smallest absolute Gasteiger partial charge is 0.257 e. The zero-order valence-electron chi connectivity index (χ0n) is 16.1. The van der Waals surface area contributed by atoms with E-state index in [0.717, 1.165) is 55.3 Å². The number of hydrogen-bond acceptors (Lipinski definition) is 6. The van der Waals surface area contributed by atoms with Gasteiger partial charge in [-0.2, -0.15) is 0 Å². The van der Waals surface area contributed by atoms with Crippen molar-refractivity contribution < 1.29 is 4.79 Å². The van der Waals surface area contributed by atoms with Crippen LogP contribution in [0.15, 0.2) is 37.3 Å². The van der Waals surface area contributed by atoms with E-state index in [1.165, 1.54) is 6.33 Å². The van der Waals surface area contributed by atoms with E-state index < -0.39 is 0 Å². The first-order valence-corrected chi connectivity index (χ1v) is 9.46. The van der Waals surface area contributed by atoms with E-state index in [2.05, 4.69) is 24.9 Å². The average molecular weight is 377 g/mol. The lowest BCUT2D eigenvalue weighted by atomic mass is 9.92. The summed E-state index contributed by atoms with van der Waals surface area (Å²) in [5.74, 6) is 1.20. The second-order valence-corrected chi connectivity index (χ2v) is 7.24. The highest BCUT2D eigenvalue weighted by atomic mass is 16.2. The molecular weight excluding hydrogens is 354 g/mol. The Labute approximate surface area is 163 Å². The molecule has 1 aliphatic rings. The molecule has 144 valence electrons. The SMILES string of the molecule is Cc1ncncc1C(=O)N1CCCC(Cc2cc(-c3nccn3C)ncn2)C1. The third-order valence-corrected chi connectivity index (χ3v) is 5.22. The van der Waals surface area contributed by atoms with Crippen molar-refractivity contribution in [1.82, 2.24) is 34.4 Å². The summed E-state index contributed by atoms with van der Waals surface area (Å²) in [6, 6.07) is 2.00. The minimum atomic E-state index is 0.0131. The number of imidazole rings is 1. The molecule has 0 bridgehead atoms. The van der Waals surface area contributed by atoms with Gasteiger partial charge < -0.3 is 9.47 Å². The van der Waals surface area contributed by atoms with Gasteiger partial charge in [-0.15, -0.1) is 0 Å². The minimum Gasteiger partial charge on any atom is -0.338 e. The van der Waals surface area contributed by atoms with Gasteiger partial charge in [0.15, 0.2) is 5.82 Å². The summed E-state index contributed by atoms with van der Waals surface area (Å²) < 4.78 is 1.94. The lowest BCUT2D eigenvalue weighted by Crippen LogP contribution is -2.41. The number of aryl methyl sites for hydroxylation is 2. The van der Waals surface area contributed by atoms with Gasteiger partial charge in [0.1, 0.15) is 18.3 Å². The Kier molecular flexibility index (Phi) is 5.10. The second kappa shape index (κ2) is 7.84. The minimum absolute atomic E-state index is 0.0131. The van der Waals surface area contributed by atoms with Crippen molar-refractivity contribution in [1.29, 1.82) is 0 Å². The quantitative estimate of drug-likeness (QED) is 0.691. The molecule has 3 aromatic heterocycles. The number of rotatable bonds is 4. The molecule has 1 aliphatic heterocycles. The summed E-state index contributed by atoms with van der Waals surface area (Å²) in [5.41, 5.74) is 3.10. The number of likely N-dealkylation sites (tertiary alicyclic amines) is 1. The van der Waals surface area contributed by atoms with Crippen LogP contribution < -0.4 is 0 Å². The number of carbonyl (C=O) groups excluding carboxylic acids is 1. The molecule has 0 spiro atoms. The number of nitrogens with zero attached hydrogens (tertiary/aromatic N) is 7. The van der Waals surface area contributed by atoms with Gasteiger partial charge in [0.05, 0.1) is 11.3 Å². The Balaban J connectivity index is 1.47. The lowest BCUT2D eigenvalue weighted by molar-refractivity contribution is 0.0671. The van der Waals surface area contributed by atoms with E-state index in [1.54, 1.807) is 18.7 Å². The predicted molar refractivity (Wildman–Crippen MR) is 103 cm³/mol. The molecule has 0 aromatic carbocycles. The number of piperidine rings is 1. The summed E-state index contributed by atoms with van der Waals surface area (Å²) in [7, 11) is 1.95. The number of aromatic nitrogens is 6. The molecule has 1 unspecified atom stereocenters. The molecule has 0 saturated carbocycles. The van der Waals surface area contributed by atoms with Crippen LogP contribution in [0.1, 0.15) is 34.6 Å². The second-order valence-electron chi connectivity index (χ2n) is 7.24. The van der Waals surface area contributed by atoms with E-state index in [9.17, 15) is 4.79 Å². The fourth-order valence-corrected chi connectivity index (χ4v) is 3.73. The fraction of sp³-hybridized carbons (Fsp3) is 0.400. The molecule has 0 N–H and O–H groups in total. The summed E-state index contributed by atoms with van der Waals surface area (Å²) in [6.07, 6.45) is 11.2. The molecule has 4 rings (SSSR count). The van der Waals surface area contributed by atoms with Crippen LogP contribution >= 0.6 is 0 Å². The van der Waals surface area contributed by atoms with Crippen molar-refractivity contribution in [2.75, 3.05) is 13.1 Å². The van der Waals surface area contributed by atoms with Crippen molar-refractivity contribution in [2.45, 2.75) is 26.2 Å². The van der Waals surface area contributed by atoms with Crippen molar-refractivity contribution >= 4 is 5.91 Å². The molecule has 4 heterocycles. The zero-order valence-corrected chi connectivity index (χ0v) is 16.1. The van der Waals surface area contributed by atoms with Crippen LogP contribution in [0.5, 0.6) is 0 Å². The third-order valence-electron chi connectivity index (χ3n) is 5.22. The normalized spacial score (nSPS) is 16.9. The first-order valence-electron chi connectivity index (χ1n) is 9.46. The maximum absolute atomic E-state index is 12.9. The summed E-state index contributed by atoms with van der Waals surface area (Å²) in [5, 5.41) is 0. The van der Waals surface area contributed by atoms with E-state index in [4.69, 9.17) is 0 Å². The van der Waals surface area contributed by atoms with Crippen LogP contribution in [0.2, 0.25) is 0 Å². The topological polar surface area (TPSA) is 89.7 Å². The summed E-state index contributed by atoms with van der Waals surface area (Å²) in [4.78, 5) is 36.1. The van der Waals surface area contributed by atoms with Crippen LogP contribution in [-0.2, 0) is 13.5 Å². The molecule has 1 atom stereocenters. The maximum Gasteiger partial charge on any atom is 0.257 e. The predicted octanol–water partition coefficient (Wildman–Crippen LogP) is 2.07. The standard InChI is InChI=1S/C20H23N7O/c1-14-17(10-21-12-23-14)20(28)27-6-3-4-15(11-27)8-16-9-18(25-13-24-16)19-22-5-7-26(19)2/h5,7,9-10,12-13,15H,3-4,6,8,11H2,1-2H3. The van der Waals surface area contributed by atoms with Crippen LogP contribution in [0, 0.1) is 12.8 Å². The Hall–Kier alpha value is -3.16. The van der Waals surface area contributed by atoms with Gasteiger partial charge in [-0.1, -0.05) is 0 Å². The molecular formula is C20H23N7O. The molecule has 0 aliphatic carbocycles. The van der Waals surface area contributed by atoms with Gasteiger partial charge in [0.25, 0.3) is 5.91 Å². The Bertz CT molecular complexity index is 984. The number of hydrogen-bond donors (Lipinski definition) is 0. The van der Waals surface area contributed by atoms with E-state index >= 15 is 0 Å². The average Bonchev–Trinajstić information content (AvgIpc) is 3.14. The van der Waals surface area contributed by atoms with E-state index in [0.29, 0.717) is 11.5 Å². The molecule has 3 aromatic rings. The van der Waals surface area contributed by atoms with Crippen molar-refractivity contribution in [3.05, 3.63) is 54.3 Å². The first-order chi connectivity index (χ1) is 13.6. The third kappa shape index (κ3) is 3.76. The molecule has 0 radical (unpaired) electrons. The largest absolute Gasteiger partial charge is 0.338 e. The van der Waals surface area contributed by atoms with Gasteiger partial charge in [-0.05, 0) is 38.2 Å². The number of amides is 1. The molecule has 1 amide bonds. The van der Waals surface area contributed by atoms with Crippen molar-refractivity contribution in [2.24, 2.45) is 13.0 Å². The highest BCUT2D eigenvalue weighted by molar-refractivity contribution is 5.94. The van der Waals surface area contributed by atoms with E-state index in [1.807, 2.05) is 35.7 Å². The monoisotopic (exact) mass is 377 g/mol. The Morgan fingerprint density at radius 1 is 1.21 bits per heavy atom. The Morgan fingerprint density at radius 2 is 2.11 bits per heavy atom. The van der Waals surface area contributed by atoms with E-state index in [-0.39, 0.29) is 5.91 Å². The van der Waals surface area contributed by atoms with Crippen molar-refractivity contribution in [3.8, 4) is 11.5 Å². The molecule has 28 heavy (non-hydrogen) atoms. The molecule has 8 nitrogen and oxygen atoms in total. The summed E-state index contributed by atoms with van der Waals surface area (Å²) >= 11 is 0. The zero-order chi connectivity index (χ0) is 19.5. The van der Waals surface area contributed by atoms with Crippen LogP contribution in [0.4, 0.5) is 0 Å². The highest BCUT2D eigenvalue weighted by Crippen LogP contribution is 2.23. The molecule has 1 fully saturated rings. The fourth-order valence-electron chi connectivity index (χ4n) is 3.73. The Morgan fingerprint density at radius 3 is 2.89 bits per heavy atom. The maximum atomic E-state index is 12.9. The van der Waals surface area contributed by atoms with Crippen LogP contribution in [-0.4, -0.2) is 53.4 Å². The number of carbonyl (C=O) groups is 1. The van der Waals surface area contributed by atoms with Gasteiger partial charge in [0.2, 0.25) is 0 Å². The van der Waals surface area contributed by atoms with Crippen molar-refractivity contribution in [3.63, 3.8) is 0 Å². The molecule has 8 heteroatoms. The van der Waals surface area contributed by atoms with Gasteiger partial charge in [-0.25, -0.2) is 24.9 Å².